The maximum Gasteiger partial charge on any atom is 0.338 e. The molecule has 1 aromatic rings. The quantitative estimate of drug-likeness (QED) is 0.578. The van der Waals surface area contributed by atoms with Gasteiger partial charge in [-0.3, -0.25) is 9.63 Å². The van der Waals surface area contributed by atoms with Gasteiger partial charge in [-0.1, -0.05) is 10.5 Å². The monoisotopic (exact) mass is 316 g/mol. The first-order valence-electron chi connectivity index (χ1n) is 5.83. The van der Waals surface area contributed by atoms with Crippen molar-refractivity contribution in [3.63, 3.8) is 0 Å². The molecule has 0 radical (unpaired) electrons. The van der Waals surface area contributed by atoms with Crippen LogP contribution in [0.5, 0.6) is 0 Å². The van der Waals surface area contributed by atoms with Crippen molar-refractivity contribution in [2.24, 2.45) is 5.73 Å². The molecule has 8 nitrogen and oxygen atoms in total. The van der Waals surface area contributed by atoms with Gasteiger partial charge in [0.1, 0.15) is 0 Å². The summed E-state index contributed by atoms with van der Waals surface area (Å²) in [4.78, 5) is 27.1. The molecule has 1 rings (SSSR count). The van der Waals surface area contributed by atoms with Crippen LogP contribution in [0.4, 0.5) is 0 Å². The fourth-order valence-corrected chi connectivity index (χ4v) is 2.34. The lowest BCUT2D eigenvalue weighted by atomic mass is 10.2. The summed E-state index contributed by atoms with van der Waals surface area (Å²) in [5.41, 5.74) is 4.96. The van der Waals surface area contributed by atoms with Crippen LogP contribution in [0.2, 0.25) is 0 Å². The van der Waals surface area contributed by atoms with Crippen molar-refractivity contribution < 1.29 is 27.6 Å². The number of hydrogen-bond acceptors (Lipinski definition) is 6. The van der Waals surface area contributed by atoms with Gasteiger partial charge in [-0.2, -0.15) is 0 Å². The SMILES string of the molecule is CON(C)S(=O)(=O)c1cccc(C(=O)O[C@@H](C)C(N)=O)c1. The predicted molar refractivity (Wildman–Crippen MR) is 72.5 cm³/mol. The van der Waals surface area contributed by atoms with Crippen LogP contribution in [0.1, 0.15) is 17.3 Å². The number of amides is 1. The zero-order chi connectivity index (χ0) is 16.2. The Morgan fingerprint density at radius 1 is 1.33 bits per heavy atom. The van der Waals surface area contributed by atoms with Crippen molar-refractivity contribution in [1.29, 1.82) is 0 Å². The number of primary amides is 1. The van der Waals surface area contributed by atoms with Crippen molar-refractivity contribution in [2.75, 3.05) is 14.2 Å². The number of hydrogen-bond donors (Lipinski definition) is 1. The van der Waals surface area contributed by atoms with Gasteiger partial charge in [-0.05, 0) is 25.1 Å². The Hall–Kier alpha value is -1.97. The summed E-state index contributed by atoms with van der Waals surface area (Å²) in [6.07, 6.45) is -1.11. The molecule has 1 amide bonds. The molecule has 0 spiro atoms. The summed E-state index contributed by atoms with van der Waals surface area (Å²) >= 11 is 0. The Labute approximate surface area is 122 Å². The summed E-state index contributed by atoms with van der Waals surface area (Å²) in [7, 11) is -1.46. The summed E-state index contributed by atoms with van der Waals surface area (Å²) in [6, 6.07) is 5.17. The number of sulfonamides is 1. The third-order valence-corrected chi connectivity index (χ3v) is 4.32. The van der Waals surface area contributed by atoms with Crippen LogP contribution in [-0.4, -0.2) is 45.0 Å². The van der Waals surface area contributed by atoms with Crippen LogP contribution < -0.4 is 5.73 Å². The molecule has 0 saturated carbocycles. The Balaban J connectivity index is 3.07. The fraction of sp³-hybridized carbons (Fsp3) is 0.333. The average Bonchev–Trinajstić information content (AvgIpc) is 2.46. The molecule has 21 heavy (non-hydrogen) atoms. The minimum Gasteiger partial charge on any atom is -0.449 e. The number of hydroxylamine groups is 1. The lowest BCUT2D eigenvalue weighted by Gasteiger charge is -2.15. The van der Waals surface area contributed by atoms with Gasteiger partial charge < -0.3 is 10.5 Å². The third kappa shape index (κ3) is 4.00. The van der Waals surface area contributed by atoms with Gasteiger partial charge in [0.15, 0.2) is 6.10 Å². The van der Waals surface area contributed by atoms with E-state index in [2.05, 4.69) is 4.84 Å². The molecule has 0 fully saturated rings. The molecule has 0 bridgehead atoms. The highest BCUT2D eigenvalue weighted by Crippen LogP contribution is 2.16. The number of rotatable bonds is 6. The van der Waals surface area contributed by atoms with Crippen molar-refractivity contribution in [3.8, 4) is 0 Å². The fourth-order valence-electron chi connectivity index (χ4n) is 1.32. The maximum absolute atomic E-state index is 12.0. The second-order valence-electron chi connectivity index (χ2n) is 4.08. The van der Waals surface area contributed by atoms with Gasteiger partial charge in [0.05, 0.1) is 17.6 Å². The largest absolute Gasteiger partial charge is 0.449 e. The summed E-state index contributed by atoms with van der Waals surface area (Å²) < 4.78 is 29.5. The van der Waals surface area contributed by atoms with Crippen LogP contribution in [0.3, 0.4) is 0 Å². The van der Waals surface area contributed by atoms with Crippen molar-refractivity contribution in [3.05, 3.63) is 29.8 Å². The van der Waals surface area contributed by atoms with Gasteiger partial charge in [0, 0.05) is 7.05 Å². The Morgan fingerprint density at radius 3 is 2.48 bits per heavy atom. The minimum atomic E-state index is -3.88. The molecule has 1 aromatic carbocycles. The van der Waals surface area contributed by atoms with E-state index in [-0.39, 0.29) is 10.5 Å². The number of ether oxygens (including phenoxy) is 1. The molecular formula is C12H16N2O6S. The second-order valence-corrected chi connectivity index (χ2v) is 6.01. The van der Waals surface area contributed by atoms with Gasteiger partial charge in [-0.25, -0.2) is 13.2 Å². The lowest BCUT2D eigenvalue weighted by Crippen LogP contribution is -2.30. The van der Waals surface area contributed by atoms with Crippen LogP contribution in [0, 0.1) is 0 Å². The predicted octanol–water partition coefficient (Wildman–Crippen LogP) is -0.101. The summed E-state index contributed by atoms with van der Waals surface area (Å²) in [6.45, 7) is 1.32. The molecule has 1 atom stereocenters. The van der Waals surface area contributed by atoms with E-state index in [1.54, 1.807) is 0 Å². The second kappa shape index (κ2) is 6.66. The minimum absolute atomic E-state index is 0.0197. The maximum atomic E-state index is 12.0. The molecule has 2 N–H and O–H groups in total. The lowest BCUT2D eigenvalue weighted by molar-refractivity contribution is -0.125. The molecule has 0 aliphatic carbocycles. The zero-order valence-electron chi connectivity index (χ0n) is 11.8. The molecule has 0 unspecified atom stereocenters. The van der Waals surface area contributed by atoms with E-state index >= 15 is 0 Å². The Morgan fingerprint density at radius 2 is 1.95 bits per heavy atom. The van der Waals surface area contributed by atoms with Crippen LogP contribution in [-0.2, 0) is 24.4 Å². The summed E-state index contributed by atoms with van der Waals surface area (Å²) in [5, 5.41) is 0. The molecule has 116 valence electrons. The van der Waals surface area contributed by atoms with E-state index in [9.17, 15) is 18.0 Å². The van der Waals surface area contributed by atoms with Gasteiger partial charge in [-0.15, -0.1) is 0 Å². The highest BCUT2D eigenvalue weighted by molar-refractivity contribution is 7.89. The van der Waals surface area contributed by atoms with Gasteiger partial charge in [0.2, 0.25) is 0 Å². The Kier molecular flexibility index (Phi) is 5.41. The van der Waals surface area contributed by atoms with Crippen molar-refractivity contribution in [2.45, 2.75) is 17.9 Å². The average molecular weight is 316 g/mol. The van der Waals surface area contributed by atoms with Crippen molar-refractivity contribution >= 4 is 21.9 Å². The first kappa shape index (κ1) is 17.1. The molecule has 9 heteroatoms. The van der Waals surface area contributed by atoms with Gasteiger partial charge in [0.25, 0.3) is 15.9 Å². The highest BCUT2D eigenvalue weighted by atomic mass is 32.2. The number of esters is 1. The van der Waals surface area contributed by atoms with E-state index in [1.807, 2.05) is 0 Å². The third-order valence-electron chi connectivity index (χ3n) is 2.65. The number of carbonyl (C=O) groups is 2. The molecule has 0 aliphatic rings. The molecule has 0 heterocycles. The van der Waals surface area contributed by atoms with Crippen LogP contribution >= 0.6 is 0 Å². The molecule has 0 aromatic heterocycles. The van der Waals surface area contributed by atoms with E-state index in [0.717, 1.165) is 6.07 Å². The van der Waals surface area contributed by atoms with Crippen molar-refractivity contribution in [1.82, 2.24) is 4.47 Å². The number of benzene rings is 1. The van der Waals surface area contributed by atoms with E-state index < -0.39 is 28.0 Å². The molecule has 0 aliphatic heterocycles. The normalized spacial score (nSPS) is 13.0. The highest BCUT2D eigenvalue weighted by Gasteiger charge is 2.23. The molecular weight excluding hydrogens is 300 g/mol. The smallest absolute Gasteiger partial charge is 0.338 e. The standard InChI is InChI=1S/C12H16N2O6S/c1-8(11(13)15)20-12(16)9-5-4-6-10(7-9)21(17,18)14(2)19-3/h4-8H,1-3H3,(H2,13,15)/t8-/m0/s1. The number of nitrogens with two attached hydrogens (primary N) is 1. The van der Waals surface area contributed by atoms with E-state index in [1.165, 1.54) is 39.3 Å². The first-order valence-corrected chi connectivity index (χ1v) is 7.27. The zero-order valence-corrected chi connectivity index (χ0v) is 12.6. The topological polar surface area (TPSA) is 116 Å². The van der Waals surface area contributed by atoms with Crippen LogP contribution in [0.15, 0.2) is 29.2 Å². The number of carbonyl (C=O) groups excluding carboxylic acids is 2. The van der Waals surface area contributed by atoms with Crippen LogP contribution in [0.25, 0.3) is 0 Å². The van der Waals surface area contributed by atoms with E-state index in [4.69, 9.17) is 10.5 Å². The molecule has 0 saturated heterocycles. The van der Waals surface area contributed by atoms with Gasteiger partial charge >= 0.3 is 5.97 Å². The number of nitrogens with zero attached hydrogens (tertiary/aromatic N) is 1. The Bertz CT molecular complexity index is 643. The first-order chi connectivity index (χ1) is 9.70. The van der Waals surface area contributed by atoms with E-state index in [0.29, 0.717) is 4.47 Å². The summed E-state index contributed by atoms with van der Waals surface area (Å²) in [5.74, 6) is -1.65.